The van der Waals surface area contributed by atoms with Gasteiger partial charge in [-0.3, -0.25) is 0 Å². The molecule has 0 saturated carbocycles. The van der Waals surface area contributed by atoms with E-state index in [1.54, 1.807) is 18.4 Å². The molecule has 4 heteroatoms. The first-order chi connectivity index (χ1) is 8.61. The van der Waals surface area contributed by atoms with E-state index in [2.05, 4.69) is 6.07 Å². The minimum atomic E-state index is 0.582. The van der Waals surface area contributed by atoms with Crippen molar-refractivity contribution in [3.8, 4) is 6.07 Å². The molecule has 1 aromatic heterocycles. The SMILES string of the molecule is Cc1occc1CN(C)c1ccc(N)cc1C#N. The van der Waals surface area contributed by atoms with Gasteiger partial charge in [-0.2, -0.15) is 5.26 Å². The summed E-state index contributed by atoms with van der Waals surface area (Å²) in [6, 6.07) is 9.46. The van der Waals surface area contributed by atoms with Gasteiger partial charge in [0.05, 0.1) is 17.5 Å². The van der Waals surface area contributed by atoms with E-state index in [4.69, 9.17) is 15.4 Å². The van der Waals surface area contributed by atoms with Crippen molar-refractivity contribution >= 4 is 11.4 Å². The monoisotopic (exact) mass is 241 g/mol. The zero-order valence-electron chi connectivity index (χ0n) is 10.5. The normalized spacial score (nSPS) is 10.1. The topological polar surface area (TPSA) is 66.2 Å². The molecule has 1 aromatic carbocycles. The molecule has 0 aliphatic rings. The molecule has 0 atom stereocenters. The number of nitrogens with zero attached hydrogens (tertiary/aromatic N) is 2. The van der Waals surface area contributed by atoms with Crippen LogP contribution in [0.15, 0.2) is 34.9 Å². The molecule has 4 nitrogen and oxygen atoms in total. The third-order valence-corrected chi connectivity index (χ3v) is 2.93. The second-order valence-electron chi connectivity index (χ2n) is 4.25. The Morgan fingerprint density at radius 1 is 1.39 bits per heavy atom. The first-order valence-electron chi connectivity index (χ1n) is 5.65. The summed E-state index contributed by atoms with van der Waals surface area (Å²) in [6.07, 6.45) is 1.67. The van der Waals surface area contributed by atoms with E-state index < -0.39 is 0 Å². The fourth-order valence-electron chi connectivity index (χ4n) is 1.89. The standard InChI is InChI=1S/C14H15N3O/c1-10-11(5-6-18-10)9-17(2)14-4-3-13(16)7-12(14)8-15/h3-7H,9,16H2,1-2H3. The molecular weight excluding hydrogens is 226 g/mol. The molecule has 2 aromatic rings. The van der Waals surface area contributed by atoms with Crippen LogP contribution in [-0.4, -0.2) is 7.05 Å². The van der Waals surface area contributed by atoms with Gasteiger partial charge in [-0.15, -0.1) is 0 Å². The average Bonchev–Trinajstić information content (AvgIpc) is 2.74. The summed E-state index contributed by atoms with van der Waals surface area (Å²) >= 11 is 0. The lowest BCUT2D eigenvalue weighted by molar-refractivity contribution is 0.529. The van der Waals surface area contributed by atoms with Crippen LogP contribution in [0.25, 0.3) is 0 Å². The van der Waals surface area contributed by atoms with Crippen molar-refractivity contribution in [1.82, 2.24) is 0 Å². The summed E-state index contributed by atoms with van der Waals surface area (Å²) in [5, 5.41) is 9.12. The maximum atomic E-state index is 9.12. The highest BCUT2D eigenvalue weighted by Crippen LogP contribution is 2.23. The van der Waals surface area contributed by atoms with E-state index in [9.17, 15) is 0 Å². The summed E-state index contributed by atoms with van der Waals surface area (Å²) in [6.45, 7) is 2.62. The molecule has 0 unspecified atom stereocenters. The van der Waals surface area contributed by atoms with Crippen LogP contribution in [0.1, 0.15) is 16.9 Å². The molecule has 0 radical (unpaired) electrons. The first kappa shape index (κ1) is 12.1. The summed E-state index contributed by atoms with van der Waals surface area (Å²) in [7, 11) is 1.94. The summed E-state index contributed by atoms with van der Waals surface area (Å²) in [4.78, 5) is 2.01. The van der Waals surface area contributed by atoms with Gasteiger partial charge in [-0.25, -0.2) is 0 Å². The van der Waals surface area contributed by atoms with E-state index in [1.165, 1.54) is 0 Å². The molecule has 2 N–H and O–H groups in total. The molecule has 0 amide bonds. The van der Waals surface area contributed by atoms with E-state index in [1.807, 2.05) is 31.0 Å². The van der Waals surface area contributed by atoms with Crippen molar-refractivity contribution in [2.75, 3.05) is 17.7 Å². The Bertz CT molecular complexity index is 595. The predicted octanol–water partition coefficient (Wildman–Crippen LogP) is 2.68. The number of rotatable bonds is 3. The second kappa shape index (κ2) is 4.84. The lowest BCUT2D eigenvalue weighted by Gasteiger charge is -2.20. The van der Waals surface area contributed by atoms with Gasteiger partial charge in [-0.1, -0.05) is 0 Å². The summed E-state index contributed by atoms with van der Waals surface area (Å²) < 4.78 is 5.27. The number of hydrogen-bond donors (Lipinski definition) is 1. The van der Waals surface area contributed by atoms with E-state index >= 15 is 0 Å². The Balaban J connectivity index is 2.27. The predicted molar refractivity (Wildman–Crippen MR) is 71.1 cm³/mol. The Labute approximate surface area is 106 Å². The molecule has 92 valence electrons. The highest BCUT2D eigenvalue weighted by atomic mass is 16.3. The largest absolute Gasteiger partial charge is 0.469 e. The summed E-state index contributed by atoms with van der Waals surface area (Å²) in [5.74, 6) is 0.899. The molecule has 0 aliphatic heterocycles. The number of aryl methyl sites for hydroxylation is 1. The first-order valence-corrected chi connectivity index (χ1v) is 5.65. The fraction of sp³-hybridized carbons (Fsp3) is 0.214. The van der Waals surface area contributed by atoms with Crippen molar-refractivity contribution in [3.63, 3.8) is 0 Å². The van der Waals surface area contributed by atoms with Crippen molar-refractivity contribution < 1.29 is 4.42 Å². The molecule has 0 aliphatic carbocycles. The Hall–Kier alpha value is -2.41. The van der Waals surface area contributed by atoms with Crippen LogP contribution < -0.4 is 10.6 Å². The number of nitriles is 1. The fourth-order valence-corrected chi connectivity index (χ4v) is 1.89. The third-order valence-electron chi connectivity index (χ3n) is 2.93. The number of nitrogens with two attached hydrogens (primary N) is 1. The van der Waals surface area contributed by atoms with Crippen LogP contribution in [0.5, 0.6) is 0 Å². The van der Waals surface area contributed by atoms with E-state index in [0.717, 1.165) is 17.0 Å². The van der Waals surface area contributed by atoms with E-state index in [-0.39, 0.29) is 0 Å². The third kappa shape index (κ3) is 2.30. The lowest BCUT2D eigenvalue weighted by atomic mass is 10.1. The minimum absolute atomic E-state index is 0.582. The average molecular weight is 241 g/mol. The molecule has 2 rings (SSSR count). The molecule has 0 bridgehead atoms. The number of hydrogen-bond acceptors (Lipinski definition) is 4. The maximum absolute atomic E-state index is 9.12. The molecule has 0 fully saturated rings. The van der Waals surface area contributed by atoms with Crippen molar-refractivity contribution in [2.45, 2.75) is 13.5 Å². The van der Waals surface area contributed by atoms with Crippen LogP contribution >= 0.6 is 0 Å². The zero-order chi connectivity index (χ0) is 13.1. The van der Waals surface area contributed by atoms with Crippen LogP contribution in [-0.2, 0) is 6.54 Å². The molecule has 0 saturated heterocycles. The van der Waals surface area contributed by atoms with E-state index in [0.29, 0.717) is 17.8 Å². The lowest BCUT2D eigenvalue weighted by Crippen LogP contribution is -2.17. The zero-order valence-corrected chi connectivity index (χ0v) is 10.5. The summed E-state index contributed by atoms with van der Waals surface area (Å²) in [5.41, 5.74) is 8.84. The highest BCUT2D eigenvalue weighted by Gasteiger charge is 2.10. The van der Waals surface area contributed by atoms with Gasteiger partial charge < -0.3 is 15.1 Å². The Morgan fingerprint density at radius 3 is 2.78 bits per heavy atom. The number of anilines is 2. The smallest absolute Gasteiger partial charge is 0.105 e. The van der Waals surface area contributed by atoms with Crippen LogP contribution in [0.4, 0.5) is 11.4 Å². The van der Waals surface area contributed by atoms with Gasteiger partial charge in [-0.05, 0) is 31.2 Å². The minimum Gasteiger partial charge on any atom is -0.469 e. The van der Waals surface area contributed by atoms with Gasteiger partial charge in [0.2, 0.25) is 0 Å². The molecule has 0 spiro atoms. The van der Waals surface area contributed by atoms with Gasteiger partial charge in [0.1, 0.15) is 11.8 Å². The van der Waals surface area contributed by atoms with Gasteiger partial charge >= 0.3 is 0 Å². The van der Waals surface area contributed by atoms with Gasteiger partial charge in [0, 0.05) is 24.8 Å². The van der Waals surface area contributed by atoms with Gasteiger partial charge in [0.15, 0.2) is 0 Å². The number of benzene rings is 1. The highest BCUT2D eigenvalue weighted by molar-refractivity contribution is 5.64. The second-order valence-corrected chi connectivity index (χ2v) is 4.25. The van der Waals surface area contributed by atoms with Crippen molar-refractivity contribution in [3.05, 3.63) is 47.4 Å². The van der Waals surface area contributed by atoms with Gasteiger partial charge in [0.25, 0.3) is 0 Å². The number of nitrogen functional groups attached to an aromatic ring is 1. The molecule has 1 heterocycles. The Kier molecular flexibility index (Phi) is 3.24. The van der Waals surface area contributed by atoms with Crippen LogP contribution in [0.3, 0.4) is 0 Å². The van der Waals surface area contributed by atoms with Crippen LogP contribution in [0.2, 0.25) is 0 Å². The maximum Gasteiger partial charge on any atom is 0.105 e. The van der Waals surface area contributed by atoms with Crippen molar-refractivity contribution in [2.24, 2.45) is 0 Å². The molecular formula is C14H15N3O. The number of furan rings is 1. The molecule has 18 heavy (non-hydrogen) atoms. The quantitative estimate of drug-likeness (QED) is 0.839. The van der Waals surface area contributed by atoms with Crippen LogP contribution in [0, 0.1) is 18.3 Å². The Morgan fingerprint density at radius 2 is 2.17 bits per heavy atom. The van der Waals surface area contributed by atoms with Crippen molar-refractivity contribution in [1.29, 1.82) is 5.26 Å².